The molecular weight excluding hydrogens is 773 g/mol. The third-order valence-electron chi connectivity index (χ3n) is 13.8. The number of rotatable bonds is 8. The molecule has 0 N–H and O–H groups in total. The zero-order valence-corrected chi connectivity index (χ0v) is 37.1. The first-order chi connectivity index (χ1) is 31.4. The molecule has 11 rings (SSSR count). The second-order valence-corrected chi connectivity index (χ2v) is 18.7. The van der Waals surface area contributed by atoms with Crippen LogP contribution in [0, 0.1) is 0 Å². The Hall–Kier alpha value is -7.16. The van der Waals surface area contributed by atoms with Gasteiger partial charge in [-0.15, -0.1) is 0 Å². The minimum absolute atomic E-state index is 0.0726. The summed E-state index contributed by atoms with van der Waals surface area (Å²) in [6.07, 6.45) is 6.48. The molecule has 0 amide bonds. The van der Waals surface area contributed by atoms with E-state index in [9.17, 15) is 0 Å². The van der Waals surface area contributed by atoms with E-state index in [0.29, 0.717) is 5.92 Å². The average Bonchev–Trinajstić information content (AvgIpc) is 3.68. The van der Waals surface area contributed by atoms with Crippen molar-refractivity contribution < 1.29 is 0 Å². The maximum absolute atomic E-state index is 2.50. The second kappa shape index (κ2) is 16.5. The average molecular weight is 827 g/mol. The summed E-state index contributed by atoms with van der Waals surface area (Å²) in [5, 5.41) is 5.23. The van der Waals surface area contributed by atoms with Crippen molar-refractivity contribution in [1.82, 2.24) is 4.57 Å². The van der Waals surface area contributed by atoms with E-state index in [1.54, 1.807) is 0 Å². The maximum atomic E-state index is 2.50. The lowest BCUT2D eigenvalue weighted by molar-refractivity contribution is 0.445. The number of fused-ring (bicyclic) bond motifs is 4. The SMILES string of the molecule is CC(C)(C)c1ccc(-c2ccccc2N(c2ccc(-c3ccc4c(c3)c3ccccc3n4-c3ccccc3)cc2)c2ccccc2-c2cccc3cccc(C4CCCCC4)c23)cc1. The lowest BCUT2D eigenvalue weighted by Gasteiger charge is -2.31. The molecule has 10 aromatic rings. The fraction of sp³-hybridized carbons (Fsp3) is 0.161. The lowest BCUT2D eigenvalue weighted by Crippen LogP contribution is -2.13. The van der Waals surface area contributed by atoms with Crippen molar-refractivity contribution in [3.63, 3.8) is 0 Å². The third kappa shape index (κ3) is 7.18. The van der Waals surface area contributed by atoms with Crippen LogP contribution in [0.2, 0.25) is 0 Å². The highest BCUT2D eigenvalue weighted by molar-refractivity contribution is 6.10. The topological polar surface area (TPSA) is 8.17 Å². The van der Waals surface area contributed by atoms with Gasteiger partial charge < -0.3 is 9.47 Å². The van der Waals surface area contributed by atoms with Gasteiger partial charge in [-0.2, -0.15) is 0 Å². The van der Waals surface area contributed by atoms with Gasteiger partial charge in [0.05, 0.1) is 22.4 Å². The summed E-state index contributed by atoms with van der Waals surface area (Å²) in [6, 6.07) is 76.8. The number of hydrogen-bond donors (Lipinski definition) is 0. The summed E-state index contributed by atoms with van der Waals surface area (Å²) in [7, 11) is 0. The number of aromatic nitrogens is 1. The summed E-state index contributed by atoms with van der Waals surface area (Å²) in [4.78, 5) is 2.50. The standard InChI is InChI=1S/C62H54N2/c1-62(2,3)48-37-32-45(33-38-48)51-24-10-13-29-57(51)64(58-30-14-11-25-53(58)55-28-17-21-46-20-16-27-52(61(46)55)44-18-6-4-7-19-44)50-39-34-43(35-40-50)47-36-41-60-56(42-47)54-26-12-15-31-59(54)63(60)49-22-8-5-9-23-49/h5,8-17,20-42,44H,4,6-7,18-19H2,1-3H3. The van der Waals surface area contributed by atoms with E-state index in [1.165, 1.54) is 115 Å². The van der Waals surface area contributed by atoms with Crippen molar-refractivity contribution in [2.24, 2.45) is 0 Å². The normalized spacial score (nSPS) is 13.5. The molecule has 64 heavy (non-hydrogen) atoms. The predicted molar refractivity (Wildman–Crippen MR) is 274 cm³/mol. The highest BCUT2D eigenvalue weighted by Gasteiger charge is 2.25. The Morgan fingerprint density at radius 2 is 1.05 bits per heavy atom. The van der Waals surface area contributed by atoms with Gasteiger partial charge in [-0.3, -0.25) is 0 Å². The first-order valence-corrected chi connectivity index (χ1v) is 23.2. The molecule has 1 aliphatic carbocycles. The molecule has 0 unspecified atom stereocenters. The molecule has 0 saturated heterocycles. The van der Waals surface area contributed by atoms with Crippen molar-refractivity contribution >= 4 is 49.6 Å². The largest absolute Gasteiger partial charge is 0.309 e. The van der Waals surface area contributed by atoms with Crippen LogP contribution >= 0.6 is 0 Å². The van der Waals surface area contributed by atoms with Gasteiger partial charge in [0.1, 0.15) is 0 Å². The van der Waals surface area contributed by atoms with E-state index in [1.807, 2.05) is 0 Å². The van der Waals surface area contributed by atoms with Gasteiger partial charge in [0.25, 0.3) is 0 Å². The lowest BCUT2D eigenvalue weighted by atomic mass is 9.80. The molecule has 2 heteroatoms. The maximum Gasteiger partial charge on any atom is 0.0541 e. The Morgan fingerprint density at radius 1 is 0.453 bits per heavy atom. The Morgan fingerprint density at radius 3 is 1.80 bits per heavy atom. The summed E-state index contributed by atoms with van der Waals surface area (Å²) >= 11 is 0. The van der Waals surface area contributed by atoms with Crippen LogP contribution in [0.15, 0.2) is 206 Å². The zero-order valence-electron chi connectivity index (χ0n) is 37.1. The van der Waals surface area contributed by atoms with E-state index in [-0.39, 0.29) is 5.41 Å². The molecule has 2 nitrogen and oxygen atoms in total. The van der Waals surface area contributed by atoms with Crippen LogP contribution in [0.4, 0.5) is 17.1 Å². The van der Waals surface area contributed by atoms with Crippen LogP contribution in [0.3, 0.4) is 0 Å². The Balaban J connectivity index is 1.08. The Bertz CT molecular complexity index is 3260. The molecule has 1 aliphatic rings. The van der Waals surface area contributed by atoms with E-state index < -0.39 is 0 Å². The van der Waals surface area contributed by atoms with Crippen LogP contribution < -0.4 is 4.90 Å². The van der Waals surface area contributed by atoms with Gasteiger partial charge in [-0.25, -0.2) is 0 Å². The fourth-order valence-corrected chi connectivity index (χ4v) is 10.5. The number of nitrogens with zero attached hydrogens (tertiary/aromatic N) is 2. The van der Waals surface area contributed by atoms with Gasteiger partial charge in [0.15, 0.2) is 0 Å². The van der Waals surface area contributed by atoms with Crippen LogP contribution in [-0.4, -0.2) is 4.57 Å². The first-order valence-electron chi connectivity index (χ1n) is 23.2. The van der Waals surface area contributed by atoms with E-state index >= 15 is 0 Å². The fourth-order valence-electron chi connectivity index (χ4n) is 10.5. The van der Waals surface area contributed by atoms with Crippen molar-refractivity contribution in [2.75, 3.05) is 4.90 Å². The number of para-hydroxylation sites is 4. The Labute approximate surface area is 378 Å². The van der Waals surface area contributed by atoms with Crippen LogP contribution in [0.1, 0.15) is 69.9 Å². The van der Waals surface area contributed by atoms with Gasteiger partial charge >= 0.3 is 0 Å². The van der Waals surface area contributed by atoms with Gasteiger partial charge in [-0.1, -0.05) is 192 Å². The summed E-state index contributed by atoms with van der Waals surface area (Å²) in [5.41, 5.74) is 17.3. The molecule has 1 heterocycles. The molecule has 0 spiro atoms. The molecular formula is C62H54N2. The van der Waals surface area contributed by atoms with Crippen molar-refractivity contribution in [3.05, 3.63) is 217 Å². The number of anilines is 3. The van der Waals surface area contributed by atoms with E-state index in [2.05, 4.69) is 236 Å². The molecule has 312 valence electrons. The third-order valence-corrected chi connectivity index (χ3v) is 13.8. The zero-order chi connectivity index (χ0) is 43.2. The van der Waals surface area contributed by atoms with E-state index in [0.717, 1.165) is 17.1 Å². The van der Waals surface area contributed by atoms with Gasteiger partial charge in [-0.05, 0) is 123 Å². The molecule has 1 aromatic heterocycles. The van der Waals surface area contributed by atoms with Crippen LogP contribution in [0.25, 0.3) is 71.6 Å². The van der Waals surface area contributed by atoms with Crippen molar-refractivity contribution in [1.29, 1.82) is 0 Å². The quantitative estimate of drug-likeness (QED) is 0.148. The second-order valence-electron chi connectivity index (χ2n) is 18.7. The minimum atomic E-state index is 0.0726. The summed E-state index contributed by atoms with van der Waals surface area (Å²) in [5.74, 6) is 0.584. The van der Waals surface area contributed by atoms with Crippen LogP contribution in [-0.2, 0) is 5.41 Å². The van der Waals surface area contributed by atoms with E-state index in [4.69, 9.17) is 0 Å². The monoisotopic (exact) mass is 826 g/mol. The number of benzene rings is 9. The molecule has 0 radical (unpaired) electrons. The van der Waals surface area contributed by atoms with Crippen molar-refractivity contribution in [3.8, 4) is 39.1 Å². The van der Waals surface area contributed by atoms with Crippen LogP contribution in [0.5, 0.6) is 0 Å². The number of hydrogen-bond acceptors (Lipinski definition) is 1. The molecule has 0 bridgehead atoms. The molecule has 0 atom stereocenters. The predicted octanol–water partition coefficient (Wildman–Crippen LogP) is 17.8. The highest BCUT2D eigenvalue weighted by Crippen LogP contribution is 2.48. The Kier molecular flexibility index (Phi) is 10.2. The summed E-state index contributed by atoms with van der Waals surface area (Å²) < 4.78 is 2.38. The van der Waals surface area contributed by atoms with Crippen molar-refractivity contribution in [2.45, 2.75) is 64.2 Å². The van der Waals surface area contributed by atoms with Gasteiger partial charge in [0, 0.05) is 33.3 Å². The minimum Gasteiger partial charge on any atom is -0.309 e. The first kappa shape index (κ1) is 39.7. The van der Waals surface area contributed by atoms with Gasteiger partial charge in [0.2, 0.25) is 0 Å². The molecule has 1 fully saturated rings. The molecule has 9 aromatic carbocycles. The molecule has 0 aliphatic heterocycles. The highest BCUT2D eigenvalue weighted by atomic mass is 15.1. The molecule has 1 saturated carbocycles. The smallest absolute Gasteiger partial charge is 0.0541 e. The summed E-state index contributed by atoms with van der Waals surface area (Å²) in [6.45, 7) is 6.85.